The number of aromatic amines is 1. The Labute approximate surface area is 144 Å². The molecule has 1 unspecified atom stereocenters. The van der Waals surface area contributed by atoms with Gasteiger partial charge in [0.2, 0.25) is 0 Å². The van der Waals surface area contributed by atoms with E-state index in [0.29, 0.717) is 24.7 Å². The second-order valence-corrected chi connectivity index (χ2v) is 6.34. The second kappa shape index (κ2) is 6.05. The molecule has 6 nitrogen and oxygen atoms in total. The maximum Gasteiger partial charge on any atom is 0.271 e. The third kappa shape index (κ3) is 2.76. The number of nitrogens with zero attached hydrogens (tertiary/aromatic N) is 2. The van der Waals surface area contributed by atoms with Gasteiger partial charge in [-0.15, -0.1) is 0 Å². The van der Waals surface area contributed by atoms with Crippen LogP contribution in [-0.2, 0) is 0 Å². The summed E-state index contributed by atoms with van der Waals surface area (Å²) < 4.78 is 0. The van der Waals surface area contributed by atoms with Crippen LogP contribution in [0.15, 0.2) is 48.5 Å². The monoisotopic (exact) mass is 334 g/mol. The van der Waals surface area contributed by atoms with Gasteiger partial charge in [-0.05, 0) is 22.8 Å². The molecule has 0 radical (unpaired) electrons. The summed E-state index contributed by atoms with van der Waals surface area (Å²) >= 11 is 0. The number of nitrogens with one attached hydrogen (secondary N) is 1. The number of aromatic nitrogens is 2. The minimum Gasteiger partial charge on any atom is -0.364 e. The Morgan fingerprint density at radius 1 is 1.16 bits per heavy atom. The molecule has 25 heavy (non-hydrogen) atoms. The minimum absolute atomic E-state index is 0.0770. The van der Waals surface area contributed by atoms with Crippen molar-refractivity contribution in [3.8, 4) is 0 Å². The Morgan fingerprint density at radius 3 is 2.76 bits per heavy atom. The van der Waals surface area contributed by atoms with Gasteiger partial charge in [-0.3, -0.25) is 14.7 Å². The van der Waals surface area contributed by atoms with Crippen LogP contribution in [0.25, 0.3) is 10.8 Å². The molecule has 1 atom stereocenters. The first-order valence-electron chi connectivity index (χ1n) is 8.25. The van der Waals surface area contributed by atoms with Gasteiger partial charge in [0.1, 0.15) is 5.69 Å². The van der Waals surface area contributed by atoms with Gasteiger partial charge in [-0.1, -0.05) is 42.5 Å². The van der Waals surface area contributed by atoms with E-state index < -0.39 is 5.91 Å². The van der Waals surface area contributed by atoms with Crippen molar-refractivity contribution in [1.29, 1.82) is 0 Å². The predicted octanol–water partition coefficient (Wildman–Crippen LogP) is 2.29. The Morgan fingerprint density at radius 2 is 1.96 bits per heavy atom. The topological polar surface area (TPSA) is 92.1 Å². The highest BCUT2D eigenvalue weighted by Gasteiger charge is 2.29. The molecule has 126 valence electrons. The molecule has 0 saturated carbocycles. The lowest BCUT2D eigenvalue weighted by Crippen LogP contribution is -2.28. The van der Waals surface area contributed by atoms with Crippen molar-refractivity contribution in [2.24, 2.45) is 5.73 Å². The number of carbonyl (C=O) groups excluding carboxylic acids is 2. The number of amides is 2. The zero-order chi connectivity index (χ0) is 17.4. The molecule has 1 saturated heterocycles. The first-order valence-corrected chi connectivity index (χ1v) is 8.25. The summed E-state index contributed by atoms with van der Waals surface area (Å²) in [5, 5.41) is 8.84. The summed E-state index contributed by atoms with van der Waals surface area (Å²) in [5.41, 5.74) is 6.83. The molecule has 2 aromatic carbocycles. The molecule has 0 spiro atoms. The van der Waals surface area contributed by atoms with E-state index in [1.807, 2.05) is 12.1 Å². The van der Waals surface area contributed by atoms with Crippen molar-refractivity contribution >= 4 is 22.6 Å². The molecule has 3 N–H and O–H groups in total. The van der Waals surface area contributed by atoms with Crippen LogP contribution >= 0.6 is 0 Å². The number of H-pyrrole nitrogens is 1. The van der Waals surface area contributed by atoms with Gasteiger partial charge < -0.3 is 10.6 Å². The highest BCUT2D eigenvalue weighted by atomic mass is 16.2. The van der Waals surface area contributed by atoms with Crippen LogP contribution < -0.4 is 5.73 Å². The van der Waals surface area contributed by atoms with Gasteiger partial charge in [0.05, 0.1) is 0 Å². The molecular formula is C19H18N4O2. The lowest BCUT2D eigenvalue weighted by atomic mass is 9.93. The lowest BCUT2D eigenvalue weighted by Gasteiger charge is -2.16. The van der Waals surface area contributed by atoms with Crippen molar-refractivity contribution in [3.63, 3.8) is 0 Å². The maximum atomic E-state index is 12.6. The van der Waals surface area contributed by atoms with E-state index in [0.717, 1.165) is 6.42 Å². The van der Waals surface area contributed by atoms with Crippen LogP contribution in [0.5, 0.6) is 0 Å². The molecule has 2 amide bonds. The summed E-state index contributed by atoms with van der Waals surface area (Å²) in [6.45, 7) is 1.33. The fourth-order valence-corrected chi connectivity index (χ4v) is 3.53. The minimum atomic E-state index is -0.648. The average Bonchev–Trinajstić information content (AvgIpc) is 3.30. The third-order valence-electron chi connectivity index (χ3n) is 4.80. The van der Waals surface area contributed by atoms with Crippen LogP contribution in [0.2, 0.25) is 0 Å². The fourth-order valence-electron chi connectivity index (χ4n) is 3.53. The van der Waals surface area contributed by atoms with Gasteiger partial charge in [0.15, 0.2) is 5.69 Å². The molecule has 1 fully saturated rings. The Hall–Kier alpha value is -3.15. The number of hydrogen-bond donors (Lipinski definition) is 2. The fraction of sp³-hybridized carbons (Fsp3) is 0.211. The molecule has 1 aromatic heterocycles. The van der Waals surface area contributed by atoms with Crippen LogP contribution in [0, 0.1) is 0 Å². The van der Waals surface area contributed by atoms with Gasteiger partial charge in [-0.2, -0.15) is 5.10 Å². The van der Waals surface area contributed by atoms with E-state index in [-0.39, 0.29) is 11.6 Å². The van der Waals surface area contributed by atoms with Crippen LogP contribution in [-0.4, -0.2) is 40.0 Å². The number of hydrogen-bond acceptors (Lipinski definition) is 3. The molecule has 0 bridgehead atoms. The van der Waals surface area contributed by atoms with E-state index in [9.17, 15) is 9.59 Å². The normalized spacial score (nSPS) is 17.1. The molecule has 0 aliphatic carbocycles. The Bertz CT molecular complexity index is 957. The highest BCUT2D eigenvalue weighted by molar-refractivity contribution is 5.97. The van der Waals surface area contributed by atoms with E-state index in [2.05, 4.69) is 40.5 Å². The molecule has 6 heteroatoms. The zero-order valence-corrected chi connectivity index (χ0v) is 13.6. The summed E-state index contributed by atoms with van der Waals surface area (Å²) in [6.07, 6.45) is 0.913. The number of likely N-dealkylation sites (tertiary alicyclic amines) is 1. The standard InChI is InChI=1S/C19H18N4O2/c20-18(24)16-10-17(22-21-16)19(25)23-9-8-13(11-23)15-7-3-5-12-4-1-2-6-14(12)15/h1-7,10,13H,8-9,11H2,(H2,20,24)(H,21,22). The van der Waals surface area contributed by atoms with Crippen molar-refractivity contribution in [2.75, 3.05) is 13.1 Å². The number of primary amides is 1. The molecular weight excluding hydrogens is 316 g/mol. The second-order valence-electron chi connectivity index (χ2n) is 6.34. The first-order chi connectivity index (χ1) is 12.1. The summed E-state index contributed by atoms with van der Waals surface area (Å²) in [4.78, 5) is 25.6. The third-order valence-corrected chi connectivity index (χ3v) is 4.80. The number of carbonyl (C=O) groups is 2. The number of nitrogens with two attached hydrogens (primary N) is 1. The molecule has 2 heterocycles. The highest BCUT2D eigenvalue weighted by Crippen LogP contribution is 2.32. The van der Waals surface area contributed by atoms with Gasteiger partial charge in [0.25, 0.3) is 11.8 Å². The predicted molar refractivity (Wildman–Crippen MR) is 94.3 cm³/mol. The molecule has 3 aromatic rings. The smallest absolute Gasteiger partial charge is 0.271 e. The van der Waals surface area contributed by atoms with E-state index >= 15 is 0 Å². The zero-order valence-electron chi connectivity index (χ0n) is 13.6. The molecule has 4 rings (SSSR count). The lowest BCUT2D eigenvalue weighted by molar-refractivity contribution is 0.0785. The summed E-state index contributed by atoms with van der Waals surface area (Å²) in [7, 11) is 0. The van der Waals surface area contributed by atoms with E-state index in [1.165, 1.54) is 22.4 Å². The van der Waals surface area contributed by atoms with Gasteiger partial charge in [-0.25, -0.2) is 0 Å². The van der Waals surface area contributed by atoms with Crippen molar-refractivity contribution in [1.82, 2.24) is 15.1 Å². The maximum absolute atomic E-state index is 12.6. The quantitative estimate of drug-likeness (QED) is 0.770. The largest absolute Gasteiger partial charge is 0.364 e. The van der Waals surface area contributed by atoms with Crippen molar-refractivity contribution in [3.05, 3.63) is 65.5 Å². The van der Waals surface area contributed by atoms with E-state index in [4.69, 9.17) is 5.73 Å². The average molecular weight is 334 g/mol. The SMILES string of the molecule is NC(=O)c1cc(C(=O)N2CCC(c3cccc4ccccc34)C2)[nH]n1. The Kier molecular flexibility index (Phi) is 3.72. The Balaban J connectivity index is 1.56. The van der Waals surface area contributed by atoms with Crippen molar-refractivity contribution < 1.29 is 9.59 Å². The number of fused-ring (bicyclic) bond motifs is 1. The molecule has 1 aliphatic heterocycles. The van der Waals surface area contributed by atoms with Gasteiger partial charge in [0, 0.05) is 25.1 Å². The summed E-state index contributed by atoms with van der Waals surface area (Å²) in [5.74, 6) is -0.498. The molecule has 1 aliphatic rings. The van der Waals surface area contributed by atoms with E-state index in [1.54, 1.807) is 4.90 Å². The first kappa shape index (κ1) is 15.4. The van der Waals surface area contributed by atoms with Crippen LogP contribution in [0.4, 0.5) is 0 Å². The van der Waals surface area contributed by atoms with Crippen molar-refractivity contribution in [2.45, 2.75) is 12.3 Å². The summed E-state index contributed by atoms with van der Waals surface area (Å²) in [6, 6.07) is 16.0. The number of benzene rings is 2. The van der Waals surface area contributed by atoms with Crippen LogP contribution in [0.3, 0.4) is 0 Å². The number of rotatable bonds is 3. The van der Waals surface area contributed by atoms with Gasteiger partial charge >= 0.3 is 0 Å². The van der Waals surface area contributed by atoms with Crippen LogP contribution in [0.1, 0.15) is 38.9 Å².